The van der Waals surface area contributed by atoms with E-state index < -0.39 is 50.4 Å². The Morgan fingerprint density at radius 1 is 0.571 bits per heavy atom. The van der Waals surface area contributed by atoms with Gasteiger partial charge in [-0.05, 0) is 63.1 Å². The lowest BCUT2D eigenvalue weighted by molar-refractivity contribution is -0.162. The summed E-state index contributed by atoms with van der Waals surface area (Å²) in [6.45, 7) is 6.84. The molecule has 1 aliphatic rings. The van der Waals surface area contributed by atoms with Gasteiger partial charge in [0.15, 0.2) is 5.79 Å². The van der Waals surface area contributed by atoms with Crippen molar-refractivity contribution >= 4 is 20.2 Å². The normalized spacial score (nSPS) is 19.0. The van der Waals surface area contributed by atoms with Gasteiger partial charge in [-0.1, -0.05) is 96.1 Å². The average Bonchev–Trinajstić information content (AvgIpc) is 3.40. The van der Waals surface area contributed by atoms with Gasteiger partial charge in [0.2, 0.25) is 0 Å². The van der Waals surface area contributed by atoms with Gasteiger partial charge in [0.1, 0.15) is 24.4 Å². The molecule has 0 N–H and O–H groups in total. The van der Waals surface area contributed by atoms with Crippen molar-refractivity contribution in [1.82, 2.24) is 0 Å². The largest absolute Gasteiger partial charge is 0.374 e. The highest BCUT2D eigenvalue weighted by Crippen LogP contribution is 2.36. The van der Waals surface area contributed by atoms with Crippen LogP contribution in [0.4, 0.5) is 0 Å². The van der Waals surface area contributed by atoms with Crippen LogP contribution >= 0.6 is 0 Å². The smallest absolute Gasteiger partial charge is 0.297 e. The quantitative estimate of drug-likeness (QED) is 0.126. The van der Waals surface area contributed by atoms with E-state index in [1.54, 1.807) is 38.1 Å². The molecule has 262 valence electrons. The van der Waals surface area contributed by atoms with Crippen molar-refractivity contribution in [2.24, 2.45) is 0 Å². The highest BCUT2D eigenvalue weighted by Gasteiger charge is 2.52. The zero-order valence-electron chi connectivity index (χ0n) is 27.9. The summed E-state index contributed by atoms with van der Waals surface area (Å²) in [4.78, 5) is -0.108. The second-order valence-electron chi connectivity index (χ2n) is 12.4. The van der Waals surface area contributed by atoms with E-state index in [1.165, 1.54) is 24.3 Å². The highest BCUT2D eigenvalue weighted by molar-refractivity contribution is 7.87. The molecule has 1 heterocycles. The molecule has 0 saturated carbocycles. The van der Waals surface area contributed by atoms with Crippen molar-refractivity contribution in [1.29, 1.82) is 0 Å². The van der Waals surface area contributed by atoms with Gasteiger partial charge in [-0.15, -0.1) is 0 Å². The third-order valence-electron chi connectivity index (χ3n) is 7.80. The van der Waals surface area contributed by atoms with E-state index in [9.17, 15) is 16.8 Å². The molecule has 0 unspecified atom stereocenters. The molecule has 0 radical (unpaired) electrons. The summed E-state index contributed by atoms with van der Waals surface area (Å²) < 4.78 is 90.8. The third-order valence-corrected chi connectivity index (χ3v) is 10.5. The maximum absolute atomic E-state index is 13.6. The van der Waals surface area contributed by atoms with E-state index in [4.69, 9.17) is 27.3 Å². The minimum absolute atomic E-state index is 0.0539. The van der Waals surface area contributed by atoms with Crippen LogP contribution in [0.25, 0.3) is 0 Å². The van der Waals surface area contributed by atoms with Crippen LogP contribution < -0.4 is 0 Å². The molecule has 1 saturated heterocycles. The molecular formula is C37H42O10S2. The topological polar surface area (TPSA) is 124 Å². The van der Waals surface area contributed by atoms with Gasteiger partial charge >= 0.3 is 0 Å². The standard InChI is InChI=1S/C37H42O10S2/c1-27-15-19-31(20-16-27)48(38,39)46-33(25-42-23-29-11-7-5-8-12-29)35-36(45-37(3,4)44-35)34(26-43-24-30-13-9-6-10-14-30)47-49(40,41)32-21-17-28(2)18-22-32/h5-22,33-36H,23-26H2,1-4H3/t33-,34-,35-,36+/m1/s1. The highest BCUT2D eigenvalue weighted by atomic mass is 32.2. The number of ether oxygens (including phenoxy) is 4. The third kappa shape index (κ3) is 10.3. The van der Waals surface area contributed by atoms with E-state index in [2.05, 4.69) is 0 Å². The predicted octanol–water partition coefficient (Wildman–Crippen LogP) is 6.11. The van der Waals surface area contributed by atoms with Gasteiger partial charge < -0.3 is 18.9 Å². The van der Waals surface area contributed by atoms with Crippen LogP contribution in [0.15, 0.2) is 119 Å². The summed E-state index contributed by atoms with van der Waals surface area (Å²) >= 11 is 0. The van der Waals surface area contributed by atoms with Gasteiger partial charge in [-0.3, -0.25) is 8.37 Å². The van der Waals surface area contributed by atoms with Crippen LogP contribution in [-0.2, 0) is 60.8 Å². The van der Waals surface area contributed by atoms with E-state index in [1.807, 2.05) is 74.5 Å². The Balaban J connectivity index is 1.47. The summed E-state index contributed by atoms with van der Waals surface area (Å²) in [7, 11) is -8.67. The van der Waals surface area contributed by atoms with Crippen molar-refractivity contribution in [2.45, 2.75) is 80.9 Å². The van der Waals surface area contributed by atoms with Gasteiger partial charge in [0.25, 0.3) is 20.2 Å². The maximum Gasteiger partial charge on any atom is 0.297 e. The minimum Gasteiger partial charge on any atom is -0.374 e. The molecule has 49 heavy (non-hydrogen) atoms. The Labute approximate surface area is 289 Å². The van der Waals surface area contributed by atoms with Gasteiger partial charge in [0.05, 0.1) is 36.2 Å². The Morgan fingerprint density at radius 2 is 0.918 bits per heavy atom. The molecule has 0 bridgehead atoms. The van der Waals surface area contributed by atoms with Crippen LogP contribution in [0.1, 0.15) is 36.1 Å². The van der Waals surface area contributed by atoms with Crippen molar-refractivity contribution in [3.05, 3.63) is 131 Å². The first-order valence-electron chi connectivity index (χ1n) is 15.9. The number of aryl methyl sites for hydroxylation is 2. The second kappa shape index (κ2) is 16.0. The first kappa shape index (κ1) is 36.8. The molecule has 1 aliphatic heterocycles. The molecule has 4 aromatic rings. The van der Waals surface area contributed by atoms with Crippen molar-refractivity contribution < 1.29 is 44.1 Å². The maximum atomic E-state index is 13.6. The van der Waals surface area contributed by atoms with Gasteiger partial charge in [0, 0.05) is 0 Å². The fraction of sp³-hybridized carbons (Fsp3) is 0.351. The summed E-state index contributed by atoms with van der Waals surface area (Å²) in [6.07, 6.45) is -4.87. The SMILES string of the molecule is Cc1ccc(S(=O)(=O)O[C@H](COCc2ccccc2)[C@@H]2OC(C)(C)O[C@@H]2[C@@H](COCc2ccccc2)OS(=O)(=O)c2ccc(C)cc2)cc1. The number of hydrogen-bond donors (Lipinski definition) is 0. The van der Waals surface area contributed by atoms with E-state index >= 15 is 0 Å². The number of rotatable bonds is 16. The summed E-state index contributed by atoms with van der Waals surface area (Å²) in [6, 6.07) is 31.2. The zero-order valence-corrected chi connectivity index (χ0v) is 29.6. The van der Waals surface area contributed by atoms with Gasteiger partial charge in [-0.2, -0.15) is 16.8 Å². The molecule has 0 aromatic heterocycles. The lowest BCUT2D eigenvalue weighted by Gasteiger charge is -2.30. The Hall–Kier alpha value is -3.46. The molecule has 1 fully saturated rings. The van der Waals surface area contributed by atoms with Crippen LogP contribution in [0.5, 0.6) is 0 Å². The zero-order chi connectivity index (χ0) is 35.1. The van der Waals surface area contributed by atoms with Gasteiger partial charge in [-0.25, -0.2) is 0 Å². The Kier molecular flexibility index (Phi) is 12.1. The number of hydrogen-bond acceptors (Lipinski definition) is 10. The monoisotopic (exact) mass is 710 g/mol. The fourth-order valence-corrected chi connectivity index (χ4v) is 7.47. The Bertz CT molecular complexity index is 1710. The summed E-state index contributed by atoms with van der Waals surface area (Å²) in [5.74, 6) is -1.28. The lowest BCUT2D eigenvalue weighted by atomic mass is 10.0. The average molecular weight is 711 g/mol. The molecule has 5 rings (SSSR count). The van der Waals surface area contributed by atoms with E-state index in [0.29, 0.717) is 0 Å². The van der Waals surface area contributed by atoms with E-state index in [0.717, 1.165) is 22.3 Å². The molecule has 0 spiro atoms. The minimum atomic E-state index is -4.34. The molecule has 0 aliphatic carbocycles. The molecule has 4 atom stereocenters. The van der Waals surface area contributed by atoms with Crippen molar-refractivity contribution in [3.63, 3.8) is 0 Å². The lowest BCUT2D eigenvalue weighted by Crippen LogP contribution is -2.49. The summed E-state index contributed by atoms with van der Waals surface area (Å²) in [5, 5.41) is 0. The molecule has 0 amide bonds. The van der Waals surface area contributed by atoms with E-state index in [-0.39, 0.29) is 36.2 Å². The molecular weight excluding hydrogens is 669 g/mol. The van der Waals surface area contributed by atoms with Crippen LogP contribution in [0, 0.1) is 13.8 Å². The molecule has 12 heteroatoms. The van der Waals surface area contributed by atoms with Crippen LogP contribution in [-0.4, -0.2) is 60.3 Å². The second-order valence-corrected chi connectivity index (χ2v) is 15.5. The predicted molar refractivity (Wildman–Crippen MR) is 182 cm³/mol. The van der Waals surface area contributed by atoms with Crippen LogP contribution in [0.2, 0.25) is 0 Å². The molecule has 10 nitrogen and oxygen atoms in total. The first-order chi connectivity index (χ1) is 23.3. The van der Waals surface area contributed by atoms with Crippen molar-refractivity contribution in [3.8, 4) is 0 Å². The van der Waals surface area contributed by atoms with Crippen molar-refractivity contribution in [2.75, 3.05) is 13.2 Å². The Morgan fingerprint density at radius 3 is 1.27 bits per heavy atom. The van der Waals surface area contributed by atoms with Crippen LogP contribution in [0.3, 0.4) is 0 Å². The molecule has 4 aromatic carbocycles. The first-order valence-corrected chi connectivity index (χ1v) is 18.7. The fourth-order valence-electron chi connectivity index (χ4n) is 5.33. The summed E-state index contributed by atoms with van der Waals surface area (Å²) in [5.41, 5.74) is 3.48. The number of benzene rings is 4.